The topological polar surface area (TPSA) is 67.4 Å². The van der Waals surface area contributed by atoms with E-state index in [4.69, 9.17) is 17.0 Å². The molecule has 5 nitrogen and oxygen atoms in total. The van der Waals surface area contributed by atoms with Crippen LogP contribution in [0.1, 0.15) is 33.1 Å². The number of hydrogen-bond acceptors (Lipinski definition) is 4. The number of ether oxygens (including phenoxy) is 1. The number of carbonyl (C=O) groups excluding carboxylic acids is 2. The van der Waals surface area contributed by atoms with Gasteiger partial charge in [0.25, 0.3) is 0 Å². The lowest BCUT2D eigenvalue weighted by Gasteiger charge is -2.14. The number of thiocarbonyl (C=S) groups is 1. The summed E-state index contributed by atoms with van der Waals surface area (Å²) < 4.78 is 5.24. The summed E-state index contributed by atoms with van der Waals surface area (Å²) in [6, 6.07) is 9.36. The number of amides is 1. The van der Waals surface area contributed by atoms with Gasteiger partial charge in [-0.25, -0.2) is 0 Å². The Hall–Kier alpha value is -1.95. The Balaban J connectivity index is 1.74. The molecule has 0 aliphatic carbocycles. The Kier molecular flexibility index (Phi) is 5.13. The molecular weight excluding hydrogens is 300 g/mol. The molecule has 1 heterocycles. The molecular formula is C16H20N2O3S. The molecule has 0 radical (unpaired) electrons. The fourth-order valence-corrected chi connectivity index (χ4v) is 2.70. The highest BCUT2D eigenvalue weighted by molar-refractivity contribution is 7.80. The van der Waals surface area contributed by atoms with E-state index < -0.39 is 5.60 Å². The molecule has 0 saturated carbocycles. The van der Waals surface area contributed by atoms with Crippen molar-refractivity contribution < 1.29 is 14.3 Å². The monoisotopic (exact) mass is 320 g/mol. The summed E-state index contributed by atoms with van der Waals surface area (Å²) in [6.45, 7) is 3.76. The Labute approximate surface area is 135 Å². The molecule has 1 aromatic carbocycles. The number of anilines is 1. The van der Waals surface area contributed by atoms with Crippen LogP contribution >= 0.6 is 12.2 Å². The molecule has 0 spiro atoms. The second-order valence-electron chi connectivity index (χ2n) is 5.99. The van der Waals surface area contributed by atoms with Gasteiger partial charge in [0.1, 0.15) is 5.60 Å². The molecule has 1 fully saturated rings. The smallest absolute Gasteiger partial charge is 0.309 e. The number of cyclic esters (lactones) is 1. The zero-order valence-electron chi connectivity index (χ0n) is 12.7. The number of nitrogens with one attached hydrogen (secondary N) is 2. The first kappa shape index (κ1) is 16.4. The molecule has 1 atom stereocenters. The van der Waals surface area contributed by atoms with Crippen molar-refractivity contribution in [3.8, 4) is 0 Å². The van der Waals surface area contributed by atoms with Crippen molar-refractivity contribution in [1.29, 1.82) is 0 Å². The normalized spacial score (nSPS) is 19.4. The van der Waals surface area contributed by atoms with Gasteiger partial charge in [0.05, 0.1) is 5.92 Å². The molecule has 0 aromatic heterocycles. The van der Waals surface area contributed by atoms with E-state index in [0.717, 1.165) is 5.69 Å². The highest BCUT2D eigenvalue weighted by Gasteiger charge is 2.39. The summed E-state index contributed by atoms with van der Waals surface area (Å²) in [5.41, 5.74) is 0.386. The molecule has 6 heteroatoms. The lowest BCUT2D eigenvalue weighted by atomic mass is 9.94. The maximum Gasteiger partial charge on any atom is 0.309 e. The molecule has 1 aliphatic heterocycles. The van der Waals surface area contributed by atoms with E-state index in [1.165, 1.54) is 0 Å². The fourth-order valence-electron chi connectivity index (χ4n) is 2.47. The largest absolute Gasteiger partial charge is 0.459 e. The third kappa shape index (κ3) is 4.80. The third-order valence-electron chi connectivity index (χ3n) is 3.45. The minimum Gasteiger partial charge on any atom is -0.459 e. The average molecular weight is 320 g/mol. The molecule has 2 N–H and O–H groups in total. The molecule has 22 heavy (non-hydrogen) atoms. The summed E-state index contributed by atoms with van der Waals surface area (Å²) in [5, 5.41) is 5.80. The van der Waals surface area contributed by atoms with Crippen molar-refractivity contribution in [3.05, 3.63) is 30.3 Å². The lowest BCUT2D eigenvalue weighted by Crippen LogP contribution is -2.34. The molecule has 0 unspecified atom stereocenters. The predicted octanol–water partition coefficient (Wildman–Crippen LogP) is 2.62. The quantitative estimate of drug-likeness (QED) is 0.659. The summed E-state index contributed by atoms with van der Waals surface area (Å²) in [5.74, 6) is -0.634. The standard InChI is InChI=1S/C16H20N2O3S/c1-16(2)10-11(14(20)21-16)8-9-13(19)18-15(22)17-12-6-4-3-5-7-12/h3-7,11H,8-10H2,1-2H3,(H2,17,18,19,22)/t11-/m0/s1. The second kappa shape index (κ2) is 6.87. The Morgan fingerprint density at radius 1 is 1.36 bits per heavy atom. The zero-order valence-corrected chi connectivity index (χ0v) is 13.5. The first-order chi connectivity index (χ1) is 10.4. The number of esters is 1. The van der Waals surface area contributed by atoms with Crippen molar-refractivity contribution in [3.63, 3.8) is 0 Å². The molecule has 1 aliphatic rings. The highest BCUT2D eigenvalue weighted by atomic mass is 32.1. The van der Waals surface area contributed by atoms with Crippen LogP contribution in [0.2, 0.25) is 0 Å². The Morgan fingerprint density at radius 2 is 2.05 bits per heavy atom. The number of hydrogen-bond donors (Lipinski definition) is 2. The maximum absolute atomic E-state index is 11.9. The predicted molar refractivity (Wildman–Crippen MR) is 88.3 cm³/mol. The molecule has 1 saturated heterocycles. The van der Waals surface area contributed by atoms with Gasteiger partial charge < -0.3 is 15.4 Å². The number of para-hydroxylation sites is 1. The van der Waals surface area contributed by atoms with Crippen LogP contribution in [0.25, 0.3) is 0 Å². The molecule has 1 aromatic rings. The van der Waals surface area contributed by atoms with Gasteiger partial charge in [0.15, 0.2) is 5.11 Å². The summed E-state index contributed by atoms with van der Waals surface area (Å²) in [6.07, 6.45) is 1.36. The van der Waals surface area contributed by atoms with Crippen LogP contribution in [-0.2, 0) is 14.3 Å². The van der Waals surface area contributed by atoms with Crippen molar-refractivity contribution in [2.24, 2.45) is 5.92 Å². The SMILES string of the molecule is CC1(C)C[C@H](CCC(=O)NC(=S)Nc2ccccc2)C(=O)O1. The van der Waals surface area contributed by atoms with Gasteiger partial charge in [0.2, 0.25) is 5.91 Å². The first-order valence-electron chi connectivity index (χ1n) is 7.24. The lowest BCUT2D eigenvalue weighted by molar-refractivity contribution is -0.148. The van der Waals surface area contributed by atoms with Crippen molar-refractivity contribution >= 4 is 34.9 Å². The maximum atomic E-state index is 11.9. The number of benzene rings is 1. The van der Waals surface area contributed by atoms with Crippen molar-refractivity contribution in [2.75, 3.05) is 5.32 Å². The van der Waals surface area contributed by atoms with Gasteiger partial charge in [0, 0.05) is 12.1 Å². The summed E-state index contributed by atoms with van der Waals surface area (Å²) in [7, 11) is 0. The van der Waals surface area contributed by atoms with Gasteiger partial charge in [-0.1, -0.05) is 18.2 Å². The van der Waals surface area contributed by atoms with E-state index in [0.29, 0.717) is 12.8 Å². The molecule has 118 valence electrons. The number of carbonyl (C=O) groups is 2. The van der Waals surface area contributed by atoms with Gasteiger partial charge in [-0.05, 0) is 51.0 Å². The van der Waals surface area contributed by atoms with Crippen LogP contribution in [0.15, 0.2) is 30.3 Å². The van der Waals surface area contributed by atoms with Crippen LogP contribution in [0.3, 0.4) is 0 Å². The van der Waals surface area contributed by atoms with Gasteiger partial charge >= 0.3 is 5.97 Å². The zero-order chi connectivity index (χ0) is 16.2. The van der Waals surface area contributed by atoms with E-state index >= 15 is 0 Å². The van der Waals surface area contributed by atoms with Crippen LogP contribution in [-0.4, -0.2) is 22.6 Å². The van der Waals surface area contributed by atoms with Gasteiger partial charge in [-0.2, -0.15) is 0 Å². The van der Waals surface area contributed by atoms with Crippen molar-refractivity contribution in [2.45, 2.75) is 38.7 Å². The first-order valence-corrected chi connectivity index (χ1v) is 7.65. The van der Waals surface area contributed by atoms with Crippen molar-refractivity contribution in [1.82, 2.24) is 5.32 Å². The van der Waals surface area contributed by atoms with E-state index in [9.17, 15) is 9.59 Å². The molecule has 1 amide bonds. The van der Waals surface area contributed by atoms with Crippen LogP contribution in [0, 0.1) is 5.92 Å². The van der Waals surface area contributed by atoms with Crippen LogP contribution in [0.5, 0.6) is 0 Å². The van der Waals surface area contributed by atoms with E-state index in [-0.39, 0.29) is 29.3 Å². The van der Waals surface area contributed by atoms with E-state index in [1.54, 1.807) is 0 Å². The fraction of sp³-hybridized carbons (Fsp3) is 0.438. The molecule has 0 bridgehead atoms. The molecule has 2 rings (SSSR count). The van der Waals surface area contributed by atoms with E-state index in [2.05, 4.69) is 10.6 Å². The summed E-state index contributed by atoms with van der Waals surface area (Å²) in [4.78, 5) is 23.6. The third-order valence-corrected chi connectivity index (χ3v) is 3.66. The van der Waals surface area contributed by atoms with Gasteiger partial charge in [-0.15, -0.1) is 0 Å². The number of rotatable bonds is 4. The Bertz CT molecular complexity index is 572. The summed E-state index contributed by atoms with van der Waals surface area (Å²) >= 11 is 5.09. The highest BCUT2D eigenvalue weighted by Crippen LogP contribution is 2.32. The van der Waals surface area contributed by atoms with Crippen LogP contribution < -0.4 is 10.6 Å². The van der Waals surface area contributed by atoms with E-state index in [1.807, 2.05) is 44.2 Å². The average Bonchev–Trinajstić information content (AvgIpc) is 2.70. The second-order valence-corrected chi connectivity index (χ2v) is 6.40. The Morgan fingerprint density at radius 3 is 2.64 bits per heavy atom. The van der Waals surface area contributed by atoms with Gasteiger partial charge in [-0.3, -0.25) is 9.59 Å². The minimum absolute atomic E-state index is 0.203. The minimum atomic E-state index is -0.428. The van der Waals surface area contributed by atoms with Crippen LogP contribution in [0.4, 0.5) is 5.69 Å².